The quantitative estimate of drug-likeness (QED) is 0.575. The predicted octanol–water partition coefficient (Wildman–Crippen LogP) is 7.15. The number of rotatable bonds is 4. The molecular weight excluding hydrogens is 304 g/mol. The van der Waals surface area contributed by atoms with E-state index in [-0.39, 0.29) is 0 Å². The Hall–Kier alpha value is -1.76. The van der Waals surface area contributed by atoms with Crippen LogP contribution >= 0.6 is 0 Å². The Bertz CT molecular complexity index is 765. The molecule has 0 aliphatic rings. The minimum Gasteiger partial charge on any atom is -0.496 e. The molecule has 0 spiro atoms. The molecule has 0 saturated carbocycles. The van der Waals surface area contributed by atoms with Gasteiger partial charge in [0.15, 0.2) is 0 Å². The summed E-state index contributed by atoms with van der Waals surface area (Å²) in [7, 11) is 1.77. The summed E-state index contributed by atoms with van der Waals surface area (Å²) in [5.74, 6) is 2.07. The lowest BCUT2D eigenvalue weighted by Gasteiger charge is -2.25. The van der Waals surface area contributed by atoms with E-state index in [4.69, 9.17) is 4.74 Å². The number of hydrogen-bond acceptors (Lipinski definition) is 1. The van der Waals surface area contributed by atoms with E-state index in [2.05, 4.69) is 74.4 Å². The minimum atomic E-state index is 0.494. The molecule has 0 saturated heterocycles. The minimum absolute atomic E-state index is 0.494. The highest BCUT2D eigenvalue weighted by atomic mass is 16.5. The van der Waals surface area contributed by atoms with Crippen molar-refractivity contribution in [3.63, 3.8) is 0 Å². The highest BCUT2D eigenvalue weighted by Crippen LogP contribution is 2.43. The molecule has 0 amide bonds. The molecule has 0 atom stereocenters. The summed E-state index contributed by atoms with van der Waals surface area (Å²) in [5.41, 5.74) is 12.3. The van der Waals surface area contributed by atoms with Crippen LogP contribution < -0.4 is 4.74 Å². The molecule has 2 aromatic rings. The fourth-order valence-electron chi connectivity index (χ4n) is 3.93. The van der Waals surface area contributed by atoms with Crippen LogP contribution in [0.25, 0.3) is 11.1 Å². The van der Waals surface area contributed by atoms with Crippen LogP contribution in [0.15, 0.2) is 12.1 Å². The van der Waals surface area contributed by atoms with Crippen molar-refractivity contribution in [1.29, 1.82) is 0 Å². The average Bonchev–Trinajstić information content (AvgIpc) is 2.54. The number of methoxy groups -OCH3 is 1. The molecule has 2 rings (SSSR count). The first-order valence-corrected chi connectivity index (χ1v) is 9.40. The molecule has 136 valence electrons. The summed E-state index contributed by atoms with van der Waals surface area (Å²) in [6.07, 6.45) is 0. The summed E-state index contributed by atoms with van der Waals surface area (Å²) < 4.78 is 5.69. The summed E-state index contributed by atoms with van der Waals surface area (Å²) in [4.78, 5) is 0. The molecule has 0 unspecified atom stereocenters. The number of benzene rings is 2. The first kappa shape index (κ1) is 19.6. The zero-order valence-electron chi connectivity index (χ0n) is 17.7. The Morgan fingerprint density at radius 3 is 1.60 bits per heavy atom. The monoisotopic (exact) mass is 338 g/mol. The molecule has 0 radical (unpaired) electrons. The van der Waals surface area contributed by atoms with Crippen LogP contribution in [0.3, 0.4) is 0 Å². The lowest BCUT2D eigenvalue weighted by Crippen LogP contribution is -2.05. The molecule has 2 aromatic carbocycles. The third kappa shape index (κ3) is 3.34. The van der Waals surface area contributed by atoms with Crippen molar-refractivity contribution >= 4 is 0 Å². The van der Waals surface area contributed by atoms with Gasteiger partial charge in [-0.1, -0.05) is 39.8 Å². The predicted molar refractivity (Wildman–Crippen MR) is 110 cm³/mol. The highest BCUT2D eigenvalue weighted by molar-refractivity contribution is 5.81. The molecule has 0 aliphatic carbocycles. The molecule has 1 nitrogen and oxygen atoms in total. The van der Waals surface area contributed by atoms with Gasteiger partial charge in [-0.3, -0.25) is 0 Å². The van der Waals surface area contributed by atoms with Crippen molar-refractivity contribution in [2.75, 3.05) is 7.11 Å². The molecule has 1 heteroatoms. The van der Waals surface area contributed by atoms with Crippen LogP contribution in [-0.4, -0.2) is 7.11 Å². The van der Waals surface area contributed by atoms with Gasteiger partial charge in [0.05, 0.1) is 7.11 Å². The van der Waals surface area contributed by atoms with Crippen molar-refractivity contribution in [3.05, 3.63) is 51.1 Å². The van der Waals surface area contributed by atoms with E-state index in [1.54, 1.807) is 7.11 Å². The van der Waals surface area contributed by atoms with E-state index in [1.807, 2.05) is 0 Å². The fraction of sp³-hybridized carbons (Fsp3) is 0.500. The second-order valence-corrected chi connectivity index (χ2v) is 8.02. The number of hydrogen-bond donors (Lipinski definition) is 0. The Balaban J connectivity index is 2.92. The Morgan fingerprint density at radius 1 is 0.680 bits per heavy atom. The van der Waals surface area contributed by atoms with Crippen molar-refractivity contribution in [3.8, 4) is 16.9 Å². The SMILES string of the molecule is COc1c(C)c(C)c(-c2c(C)cc(C(C)C)cc2C(C)C)c(C)c1C. The molecule has 0 fully saturated rings. The third-order valence-corrected chi connectivity index (χ3v) is 5.69. The normalized spacial score (nSPS) is 11.5. The molecule has 0 bridgehead atoms. The Kier molecular flexibility index (Phi) is 5.66. The summed E-state index contributed by atoms with van der Waals surface area (Å²) >= 11 is 0. The topological polar surface area (TPSA) is 9.23 Å². The van der Waals surface area contributed by atoms with Gasteiger partial charge in [-0.2, -0.15) is 0 Å². The number of ether oxygens (including phenoxy) is 1. The lowest BCUT2D eigenvalue weighted by atomic mass is 9.80. The van der Waals surface area contributed by atoms with Crippen molar-refractivity contribution in [2.24, 2.45) is 0 Å². The van der Waals surface area contributed by atoms with Crippen LogP contribution in [0.5, 0.6) is 5.75 Å². The van der Waals surface area contributed by atoms with E-state index in [1.165, 1.54) is 50.1 Å². The second-order valence-electron chi connectivity index (χ2n) is 8.02. The molecular formula is C24H34O. The molecule has 0 heterocycles. The fourth-order valence-corrected chi connectivity index (χ4v) is 3.93. The van der Waals surface area contributed by atoms with Gasteiger partial charge in [-0.05, 0) is 96.5 Å². The van der Waals surface area contributed by atoms with Crippen molar-refractivity contribution in [2.45, 2.75) is 74.1 Å². The molecule has 25 heavy (non-hydrogen) atoms. The smallest absolute Gasteiger partial charge is 0.125 e. The zero-order valence-corrected chi connectivity index (χ0v) is 17.7. The average molecular weight is 339 g/mol. The van der Waals surface area contributed by atoms with Gasteiger partial charge in [0.25, 0.3) is 0 Å². The van der Waals surface area contributed by atoms with Gasteiger partial charge >= 0.3 is 0 Å². The maximum atomic E-state index is 5.69. The maximum Gasteiger partial charge on any atom is 0.125 e. The van der Waals surface area contributed by atoms with Gasteiger partial charge in [-0.15, -0.1) is 0 Å². The summed E-state index contributed by atoms with van der Waals surface area (Å²) in [5, 5.41) is 0. The van der Waals surface area contributed by atoms with Crippen LogP contribution in [-0.2, 0) is 0 Å². The molecule has 0 aromatic heterocycles. The summed E-state index contributed by atoms with van der Waals surface area (Å²) in [6.45, 7) is 20.2. The molecule has 0 aliphatic heterocycles. The zero-order chi connectivity index (χ0) is 19.0. The van der Waals surface area contributed by atoms with E-state index >= 15 is 0 Å². The van der Waals surface area contributed by atoms with Gasteiger partial charge in [0, 0.05) is 0 Å². The third-order valence-electron chi connectivity index (χ3n) is 5.69. The van der Waals surface area contributed by atoms with Gasteiger partial charge < -0.3 is 4.74 Å². The van der Waals surface area contributed by atoms with Crippen LogP contribution in [0.1, 0.15) is 78.5 Å². The van der Waals surface area contributed by atoms with E-state index < -0.39 is 0 Å². The van der Waals surface area contributed by atoms with Gasteiger partial charge in [-0.25, -0.2) is 0 Å². The van der Waals surface area contributed by atoms with Crippen molar-refractivity contribution in [1.82, 2.24) is 0 Å². The second kappa shape index (κ2) is 7.23. The summed E-state index contributed by atoms with van der Waals surface area (Å²) in [6, 6.07) is 4.80. The van der Waals surface area contributed by atoms with Crippen LogP contribution in [0.2, 0.25) is 0 Å². The van der Waals surface area contributed by atoms with Crippen LogP contribution in [0, 0.1) is 34.6 Å². The van der Waals surface area contributed by atoms with E-state index in [0.29, 0.717) is 11.8 Å². The van der Waals surface area contributed by atoms with E-state index in [0.717, 1.165) is 5.75 Å². The van der Waals surface area contributed by atoms with Crippen molar-refractivity contribution < 1.29 is 4.74 Å². The largest absolute Gasteiger partial charge is 0.496 e. The number of aryl methyl sites for hydroxylation is 1. The Morgan fingerprint density at radius 2 is 1.20 bits per heavy atom. The Labute approximate surface area is 154 Å². The maximum absolute atomic E-state index is 5.69. The molecule has 0 N–H and O–H groups in total. The van der Waals surface area contributed by atoms with Gasteiger partial charge in [0.2, 0.25) is 0 Å². The standard InChI is InChI=1S/C24H34O/c1-13(2)20-11-15(5)22(21(12-20)14(3)4)23-16(6)18(8)24(25-10)19(9)17(23)7/h11-14H,1-10H3. The van der Waals surface area contributed by atoms with Crippen LogP contribution in [0.4, 0.5) is 0 Å². The first-order valence-electron chi connectivity index (χ1n) is 9.40. The lowest BCUT2D eigenvalue weighted by molar-refractivity contribution is 0.408. The highest BCUT2D eigenvalue weighted by Gasteiger charge is 2.21. The van der Waals surface area contributed by atoms with Gasteiger partial charge in [0.1, 0.15) is 5.75 Å². The van der Waals surface area contributed by atoms with E-state index in [9.17, 15) is 0 Å². The first-order chi connectivity index (χ1) is 11.6.